The maximum Gasteiger partial charge on any atom is 0.389 e. The molecule has 3 heterocycles. The number of hydrogen-bond donors (Lipinski definition) is 0. The van der Waals surface area contributed by atoms with Crippen LogP contribution in [-0.2, 0) is 19.4 Å². The number of allylic oxidation sites excluding steroid dienone is 2. The summed E-state index contributed by atoms with van der Waals surface area (Å²) in [6.45, 7) is 6.58. The van der Waals surface area contributed by atoms with E-state index in [0.717, 1.165) is 23.2 Å². The molecule has 2 aromatic heterocycles. The molecule has 0 amide bonds. The summed E-state index contributed by atoms with van der Waals surface area (Å²) in [5, 5.41) is 6.33. The smallest absolute Gasteiger partial charge is 0.264 e. The number of rotatable bonds is 6. The van der Waals surface area contributed by atoms with E-state index in [1.807, 2.05) is 12.3 Å². The fraction of sp³-hybridized carbons (Fsp3) is 0.300. The van der Waals surface area contributed by atoms with Gasteiger partial charge in [0.05, 0.1) is 24.4 Å². The summed E-state index contributed by atoms with van der Waals surface area (Å²) in [5.74, 6) is 0.158. The van der Waals surface area contributed by atoms with Crippen LogP contribution in [0.2, 0.25) is 0 Å². The van der Waals surface area contributed by atoms with Crippen LogP contribution in [0, 0.1) is 0 Å². The summed E-state index contributed by atoms with van der Waals surface area (Å²) in [6, 6.07) is 2.08. The first-order valence-corrected chi connectivity index (χ1v) is 8.88. The monoisotopic (exact) mass is 387 g/mol. The molecule has 1 aliphatic rings. The molecule has 0 N–H and O–H groups in total. The van der Waals surface area contributed by atoms with E-state index >= 15 is 0 Å². The Morgan fingerprint density at radius 2 is 1.75 bits per heavy atom. The standard InChI is InChI=1S/C20H20F3N5/c1-3-15-8-16(10-24-9-15)13-28-14(2)4-5-18(27-28)17-11-25-19(26-12-17)6-7-20(21,22)23/h4-5,8-12H,2-3,6-7,13H2,1H3. The maximum absolute atomic E-state index is 12.3. The van der Waals surface area contributed by atoms with E-state index in [-0.39, 0.29) is 12.2 Å². The zero-order chi connectivity index (χ0) is 20.1. The summed E-state index contributed by atoms with van der Waals surface area (Å²) in [5.41, 5.74) is 4.13. The minimum atomic E-state index is -4.22. The van der Waals surface area contributed by atoms with E-state index < -0.39 is 12.6 Å². The van der Waals surface area contributed by atoms with E-state index in [9.17, 15) is 13.2 Å². The number of hydrogen-bond acceptors (Lipinski definition) is 5. The largest absolute Gasteiger partial charge is 0.389 e. The predicted molar refractivity (Wildman–Crippen MR) is 100 cm³/mol. The van der Waals surface area contributed by atoms with Crippen LogP contribution in [0.1, 0.15) is 35.9 Å². The van der Waals surface area contributed by atoms with E-state index in [4.69, 9.17) is 0 Å². The number of halogens is 3. The van der Waals surface area contributed by atoms with Gasteiger partial charge in [0, 0.05) is 36.8 Å². The van der Waals surface area contributed by atoms with Gasteiger partial charge in [-0.2, -0.15) is 18.3 Å². The van der Waals surface area contributed by atoms with Crippen LogP contribution >= 0.6 is 0 Å². The molecule has 3 rings (SSSR count). The van der Waals surface area contributed by atoms with E-state index in [0.29, 0.717) is 17.8 Å². The lowest BCUT2D eigenvalue weighted by molar-refractivity contribution is -0.134. The van der Waals surface area contributed by atoms with Crippen molar-refractivity contribution >= 4 is 5.71 Å². The van der Waals surface area contributed by atoms with Crippen LogP contribution in [0.25, 0.3) is 0 Å². The maximum atomic E-state index is 12.3. The average Bonchev–Trinajstić information content (AvgIpc) is 2.68. The molecule has 0 saturated carbocycles. The summed E-state index contributed by atoms with van der Waals surface area (Å²) in [6.07, 6.45) is 5.73. The zero-order valence-corrected chi connectivity index (χ0v) is 15.4. The van der Waals surface area contributed by atoms with Crippen molar-refractivity contribution in [2.24, 2.45) is 5.10 Å². The number of alkyl halides is 3. The second-order valence-electron chi connectivity index (χ2n) is 6.43. The van der Waals surface area contributed by atoms with Crippen molar-refractivity contribution in [1.82, 2.24) is 20.0 Å². The summed E-state index contributed by atoms with van der Waals surface area (Å²) in [4.78, 5) is 12.3. The number of aryl methyl sites for hydroxylation is 2. The topological polar surface area (TPSA) is 54.3 Å². The normalized spacial score (nSPS) is 14.4. The predicted octanol–water partition coefficient (Wildman–Crippen LogP) is 4.22. The highest BCUT2D eigenvalue weighted by molar-refractivity contribution is 6.08. The molecule has 0 atom stereocenters. The van der Waals surface area contributed by atoms with Gasteiger partial charge in [0.2, 0.25) is 0 Å². The van der Waals surface area contributed by atoms with E-state index in [1.54, 1.807) is 17.3 Å². The highest BCUT2D eigenvalue weighted by Gasteiger charge is 2.27. The van der Waals surface area contributed by atoms with E-state index in [2.05, 4.69) is 39.6 Å². The third kappa shape index (κ3) is 5.25. The Labute approximate surface area is 161 Å². The van der Waals surface area contributed by atoms with Crippen molar-refractivity contribution in [2.75, 3.05) is 0 Å². The second kappa shape index (κ2) is 8.33. The van der Waals surface area contributed by atoms with Crippen LogP contribution in [0.5, 0.6) is 0 Å². The molecule has 0 spiro atoms. The first-order chi connectivity index (χ1) is 13.3. The number of aromatic nitrogens is 3. The Balaban J connectivity index is 1.73. The Kier molecular flexibility index (Phi) is 5.87. The Hall–Kier alpha value is -3.03. The van der Waals surface area contributed by atoms with Crippen molar-refractivity contribution in [1.29, 1.82) is 0 Å². The highest BCUT2D eigenvalue weighted by atomic mass is 19.4. The third-order valence-corrected chi connectivity index (χ3v) is 4.22. The fourth-order valence-corrected chi connectivity index (χ4v) is 2.64. The zero-order valence-electron chi connectivity index (χ0n) is 15.4. The molecule has 0 unspecified atom stereocenters. The van der Waals surface area contributed by atoms with Crippen LogP contribution in [0.4, 0.5) is 13.2 Å². The molecule has 146 valence electrons. The van der Waals surface area contributed by atoms with Crippen LogP contribution in [0.15, 0.2) is 60.4 Å². The van der Waals surface area contributed by atoms with Crippen LogP contribution < -0.4 is 0 Å². The van der Waals surface area contributed by atoms with Gasteiger partial charge in [-0.3, -0.25) is 9.99 Å². The highest BCUT2D eigenvalue weighted by Crippen LogP contribution is 2.21. The van der Waals surface area contributed by atoms with Gasteiger partial charge in [-0.15, -0.1) is 0 Å². The molecule has 0 aromatic carbocycles. The van der Waals surface area contributed by atoms with Crippen LogP contribution in [-0.4, -0.2) is 31.8 Å². The third-order valence-electron chi connectivity index (χ3n) is 4.22. The molecule has 5 nitrogen and oxygen atoms in total. The summed E-state index contributed by atoms with van der Waals surface area (Å²) < 4.78 is 36.9. The first-order valence-electron chi connectivity index (χ1n) is 8.88. The van der Waals surface area contributed by atoms with Crippen molar-refractivity contribution in [3.8, 4) is 0 Å². The number of hydrazone groups is 1. The van der Waals surface area contributed by atoms with Gasteiger partial charge in [-0.25, -0.2) is 9.97 Å². The molecule has 0 radical (unpaired) electrons. The Morgan fingerprint density at radius 3 is 2.43 bits per heavy atom. The van der Waals surface area contributed by atoms with Crippen molar-refractivity contribution in [3.63, 3.8) is 0 Å². The molecule has 2 aromatic rings. The summed E-state index contributed by atoms with van der Waals surface area (Å²) >= 11 is 0. The lowest BCUT2D eigenvalue weighted by Gasteiger charge is -2.23. The quantitative estimate of drug-likeness (QED) is 0.745. The van der Waals surface area contributed by atoms with Crippen molar-refractivity contribution in [3.05, 3.63) is 77.8 Å². The molecular formula is C20H20F3N5. The first kappa shape index (κ1) is 19.7. The van der Waals surface area contributed by atoms with Gasteiger partial charge < -0.3 is 0 Å². The van der Waals surface area contributed by atoms with Crippen molar-refractivity contribution < 1.29 is 13.2 Å². The number of nitrogens with zero attached hydrogens (tertiary/aromatic N) is 5. The Morgan fingerprint density at radius 1 is 1.04 bits per heavy atom. The SMILES string of the molecule is C=C1C=CC(c2cnc(CCC(F)(F)F)nc2)=NN1Cc1cncc(CC)c1. The number of pyridine rings is 1. The lowest BCUT2D eigenvalue weighted by Crippen LogP contribution is -2.21. The molecule has 0 saturated heterocycles. The average molecular weight is 387 g/mol. The molecule has 1 aliphatic heterocycles. The van der Waals surface area contributed by atoms with Gasteiger partial charge in [0.15, 0.2) is 0 Å². The fourth-order valence-electron chi connectivity index (χ4n) is 2.64. The minimum Gasteiger partial charge on any atom is -0.264 e. The molecular weight excluding hydrogens is 367 g/mol. The Bertz CT molecular complexity index is 901. The van der Waals surface area contributed by atoms with Gasteiger partial charge in [-0.1, -0.05) is 19.6 Å². The van der Waals surface area contributed by atoms with Gasteiger partial charge >= 0.3 is 6.18 Å². The molecule has 0 aliphatic carbocycles. The second-order valence-corrected chi connectivity index (χ2v) is 6.43. The minimum absolute atomic E-state index is 0.158. The molecule has 0 fully saturated rings. The van der Waals surface area contributed by atoms with Crippen LogP contribution in [0.3, 0.4) is 0 Å². The lowest BCUT2D eigenvalue weighted by atomic mass is 10.1. The van der Waals surface area contributed by atoms with Crippen molar-refractivity contribution in [2.45, 2.75) is 38.9 Å². The summed E-state index contributed by atoms with van der Waals surface area (Å²) in [7, 11) is 0. The molecule has 0 bridgehead atoms. The molecule has 8 heteroatoms. The van der Waals surface area contributed by atoms with Gasteiger partial charge in [0.1, 0.15) is 5.82 Å². The van der Waals surface area contributed by atoms with Gasteiger partial charge in [-0.05, 0) is 29.7 Å². The van der Waals surface area contributed by atoms with Gasteiger partial charge in [0.25, 0.3) is 0 Å². The molecule has 28 heavy (non-hydrogen) atoms. The van der Waals surface area contributed by atoms with E-state index in [1.165, 1.54) is 12.4 Å².